The number of nitrogens with zero attached hydrogens (tertiary/aromatic N) is 1. The highest BCUT2D eigenvalue weighted by Crippen LogP contribution is 2.15. The van der Waals surface area contributed by atoms with Crippen LogP contribution in [0.5, 0.6) is 0 Å². The maximum atomic E-state index is 11.9. The van der Waals surface area contributed by atoms with Gasteiger partial charge in [-0.3, -0.25) is 4.79 Å². The third-order valence-corrected chi connectivity index (χ3v) is 3.23. The summed E-state index contributed by atoms with van der Waals surface area (Å²) in [5.74, 6) is -0.133. The lowest BCUT2D eigenvalue weighted by molar-refractivity contribution is 0.0950. The summed E-state index contributed by atoms with van der Waals surface area (Å²) in [4.78, 5) is 14.3. The van der Waals surface area contributed by atoms with Gasteiger partial charge in [0.1, 0.15) is 0 Å². The Balaban J connectivity index is 1.83. The summed E-state index contributed by atoms with van der Waals surface area (Å²) in [6.07, 6.45) is 2.53. The van der Waals surface area contributed by atoms with E-state index < -0.39 is 0 Å². The number of rotatable bonds is 4. The number of hydrogen-bond acceptors (Lipinski definition) is 4. The summed E-state index contributed by atoms with van der Waals surface area (Å²) in [6, 6.07) is 4.96. The first-order chi connectivity index (χ1) is 8.66. The Morgan fingerprint density at radius 3 is 2.67 bits per heavy atom. The molecule has 0 unspecified atom stereocenters. The van der Waals surface area contributed by atoms with Gasteiger partial charge in [-0.25, -0.2) is 0 Å². The van der Waals surface area contributed by atoms with E-state index in [9.17, 15) is 4.79 Å². The van der Waals surface area contributed by atoms with E-state index in [0.717, 1.165) is 19.6 Å². The molecule has 5 heteroatoms. The molecule has 1 aliphatic heterocycles. The predicted octanol–water partition coefficient (Wildman–Crippen LogP) is 0.677. The van der Waals surface area contributed by atoms with Crippen LogP contribution < -0.4 is 16.8 Å². The average molecular weight is 248 g/mol. The molecule has 1 fully saturated rings. The van der Waals surface area contributed by atoms with Crippen LogP contribution in [0.4, 0.5) is 11.4 Å². The molecule has 0 spiro atoms. The fraction of sp³-hybridized carbons (Fsp3) is 0.462. The lowest BCUT2D eigenvalue weighted by Gasteiger charge is -2.15. The average Bonchev–Trinajstić information content (AvgIpc) is 2.81. The molecule has 0 atom stereocenters. The Kier molecular flexibility index (Phi) is 4.04. The number of nitrogen functional groups attached to an aromatic ring is 2. The van der Waals surface area contributed by atoms with E-state index in [1.54, 1.807) is 18.2 Å². The fourth-order valence-corrected chi connectivity index (χ4v) is 2.22. The van der Waals surface area contributed by atoms with Gasteiger partial charge in [-0.2, -0.15) is 0 Å². The van der Waals surface area contributed by atoms with Crippen LogP contribution in [0.15, 0.2) is 18.2 Å². The molecule has 1 aliphatic rings. The van der Waals surface area contributed by atoms with Crippen molar-refractivity contribution in [3.05, 3.63) is 23.8 Å². The molecule has 0 radical (unpaired) electrons. The highest BCUT2D eigenvalue weighted by Gasteiger charge is 2.12. The molecule has 1 saturated heterocycles. The van der Waals surface area contributed by atoms with Crippen LogP contribution in [0.2, 0.25) is 0 Å². The first kappa shape index (κ1) is 12.7. The van der Waals surface area contributed by atoms with E-state index in [1.165, 1.54) is 12.8 Å². The third kappa shape index (κ3) is 3.13. The zero-order chi connectivity index (χ0) is 13.0. The van der Waals surface area contributed by atoms with Crippen molar-refractivity contribution < 1.29 is 4.79 Å². The van der Waals surface area contributed by atoms with Gasteiger partial charge in [0.15, 0.2) is 0 Å². The number of amides is 1. The van der Waals surface area contributed by atoms with Crippen molar-refractivity contribution in [2.45, 2.75) is 12.8 Å². The van der Waals surface area contributed by atoms with Gasteiger partial charge in [-0.15, -0.1) is 0 Å². The molecule has 1 aromatic carbocycles. The Labute approximate surface area is 107 Å². The molecule has 0 saturated carbocycles. The van der Waals surface area contributed by atoms with Gasteiger partial charge in [0.25, 0.3) is 5.91 Å². The third-order valence-electron chi connectivity index (χ3n) is 3.23. The maximum absolute atomic E-state index is 11.9. The van der Waals surface area contributed by atoms with Crippen LogP contribution in [-0.4, -0.2) is 37.0 Å². The van der Waals surface area contributed by atoms with E-state index in [2.05, 4.69) is 10.2 Å². The van der Waals surface area contributed by atoms with Crippen molar-refractivity contribution in [3.8, 4) is 0 Å². The molecule has 18 heavy (non-hydrogen) atoms. The van der Waals surface area contributed by atoms with E-state index in [4.69, 9.17) is 11.5 Å². The Bertz CT molecular complexity index is 427. The SMILES string of the molecule is Nc1ccc(C(=O)NCCN2CCCC2)c(N)c1. The molecule has 0 bridgehead atoms. The second-order valence-corrected chi connectivity index (χ2v) is 4.65. The summed E-state index contributed by atoms with van der Waals surface area (Å²) < 4.78 is 0. The molecule has 1 heterocycles. The number of carbonyl (C=O) groups is 1. The number of benzene rings is 1. The minimum absolute atomic E-state index is 0.133. The number of hydrogen-bond donors (Lipinski definition) is 3. The van der Waals surface area contributed by atoms with Crippen molar-refractivity contribution in [1.29, 1.82) is 0 Å². The van der Waals surface area contributed by atoms with Crippen molar-refractivity contribution >= 4 is 17.3 Å². The smallest absolute Gasteiger partial charge is 0.253 e. The molecular formula is C13H20N4O. The number of carbonyl (C=O) groups excluding carboxylic acids is 1. The number of nitrogens with one attached hydrogen (secondary N) is 1. The predicted molar refractivity (Wildman–Crippen MR) is 73.3 cm³/mol. The van der Waals surface area contributed by atoms with Crippen LogP contribution >= 0.6 is 0 Å². The van der Waals surface area contributed by atoms with Crippen molar-refractivity contribution in [2.75, 3.05) is 37.6 Å². The second kappa shape index (κ2) is 5.73. The summed E-state index contributed by atoms with van der Waals surface area (Å²) in [7, 11) is 0. The van der Waals surface area contributed by atoms with E-state index >= 15 is 0 Å². The maximum Gasteiger partial charge on any atom is 0.253 e. The quantitative estimate of drug-likeness (QED) is 0.684. The molecule has 0 aromatic heterocycles. The van der Waals surface area contributed by atoms with Crippen molar-refractivity contribution in [3.63, 3.8) is 0 Å². The van der Waals surface area contributed by atoms with Crippen molar-refractivity contribution in [1.82, 2.24) is 10.2 Å². The first-order valence-electron chi connectivity index (χ1n) is 6.32. The minimum atomic E-state index is -0.133. The van der Waals surface area contributed by atoms with Crippen LogP contribution in [0.1, 0.15) is 23.2 Å². The monoisotopic (exact) mass is 248 g/mol. The summed E-state index contributed by atoms with van der Waals surface area (Å²) in [5, 5.41) is 2.88. The lowest BCUT2D eigenvalue weighted by Crippen LogP contribution is -2.33. The zero-order valence-electron chi connectivity index (χ0n) is 10.5. The topological polar surface area (TPSA) is 84.4 Å². The molecule has 1 amide bonds. The Morgan fingerprint density at radius 2 is 2.00 bits per heavy atom. The zero-order valence-corrected chi connectivity index (χ0v) is 10.5. The standard InChI is InChI=1S/C13H20N4O/c14-10-3-4-11(12(15)9-10)13(18)16-5-8-17-6-1-2-7-17/h3-4,9H,1-2,5-8,14-15H2,(H,16,18). The molecule has 98 valence electrons. The van der Waals surface area contributed by atoms with Gasteiger partial charge in [0.2, 0.25) is 0 Å². The van der Waals surface area contributed by atoms with Crippen molar-refractivity contribution in [2.24, 2.45) is 0 Å². The molecular weight excluding hydrogens is 228 g/mol. The second-order valence-electron chi connectivity index (χ2n) is 4.65. The normalized spacial score (nSPS) is 15.8. The van der Waals surface area contributed by atoms with Gasteiger partial charge in [-0.05, 0) is 44.1 Å². The van der Waals surface area contributed by atoms with Crippen LogP contribution in [0.3, 0.4) is 0 Å². The number of likely N-dealkylation sites (tertiary alicyclic amines) is 1. The molecule has 0 aliphatic carbocycles. The van der Waals surface area contributed by atoms with Crippen LogP contribution in [0.25, 0.3) is 0 Å². The number of nitrogens with two attached hydrogens (primary N) is 2. The Hall–Kier alpha value is -1.75. The van der Waals surface area contributed by atoms with E-state index in [1.807, 2.05) is 0 Å². The van der Waals surface area contributed by atoms with E-state index in [-0.39, 0.29) is 5.91 Å². The van der Waals surface area contributed by atoms with Crippen LogP contribution in [-0.2, 0) is 0 Å². The molecule has 2 rings (SSSR count). The lowest BCUT2D eigenvalue weighted by atomic mass is 10.1. The summed E-state index contributed by atoms with van der Waals surface area (Å²) in [6.45, 7) is 3.84. The van der Waals surface area contributed by atoms with Gasteiger partial charge in [-0.1, -0.05) is 0 Å². The fourth-order valence-electron chi connectivity index (χ4n) is 2.22. The Morgan fingerprint density at radius 1 is 1.28 bits per heavy atom. The van der Waals surface area contributed by atoms with E-state index in [0.29, 0.717) is 23.5 Å². The highest BCUT2D eigenvalue weighted by molar-refractivity contribution is 5.99. The van der Waals surface area contributed by atoms with Crippen LogP contribution in [0, 0.1) is 0 Å². The first-order valence-corrected chi connectivity index (χ1v) is 6.32. The van der Waals surface area contributed by atoms with Gasteiger partial charge in [0, 0.05) is 24.5 Å². The molecule has 1 aromatic rings. The summed E-state index contributed by atoms with van der Waals surface area (Å²) in [5.41, 5.74) is 12.8. The van der Waals surface area contributed by atoms with Gasteiger partial charge in [0.05, 0.1) is 5.56 Å². The molecule has 5 N–H and O–H groups in total. The molecule has 5 nitrogen and oxygen atoms in total. The largest absolute Gasteiger partial charge is 0.399 e. The van der Waals surface area contributed by atoms with Gasteiger partial charge >= 0.3 is 0 Å². The minimum Gasteiger partial charge on any atom is -0.399 e. The summed E-state index contributed by atoms with van der Waals surface area (Å²) >= 11 is 0. The van der Waals surface area contributed by atoms with Gasteiger partial charge < -0.3 is 21.7 Å². The number of anilines is 2. The highest BCUT2D eigenvalue weighted by atomic mass is 16.1.